The second-order valence-corrected chi connectivity index (χ2v) is 4.55. The molecule has 0 bridgehead atoms. The van der Waals surface area contributed by atoms with Crippen molar-refractivity contribution in [1.82, 2.24) is 14.8 Å². The lowest BCUT2D eigenvalue weighted by molar-refractivity contribution is 0.485. The van der Waals surface area contributed by atoms with Crippen molar-refractivity contribution in [2.75, 3.05) is 0 Å². The third kappa shape index (κ3) is 2.06. The van der Waals surface area contributed by atoms with E-state index in [1.165, 1.54) is 12.8 Å². The summed E-state index contributed by atoms with van der Waals surface area (Å²) in [7, 11) is 0. The molecule has 0 atom stereocenters. The van der Waals surface area contributed by atoms with Crippen LogP contribution in [0.3, 0.4) is 0 Å². The fourth-order valence-corrected chi connectivity index (χ4v) is 1.46. The second kappa shape index (κ2) is 2.80. The molecular formula is C9H16N4. The van der Waals surface area contributed by atoms with Gasteiger partial charge in [0.05, 0.1) is 0 Å². The van der Waals surface area contributed by atoms with Crippen LogP contribution >= 0.6 is 0 Å². The third-order valence-electron chi connectivity index (χ3n) is 2.20. The zero-order chi connectivity index (χ0) is 9.47. The number of hydrogen-bond donors (Lipinski definition) is 1. The molecule has 1 aromatic heterocycles. The van der Waals surface area contributed by atoms with E-state index < -0.39 is 0 Å². The van der Waals surface area contributed by atoms with Crippen LogP contribution in [0.25, 0.3) is 0 Å². The Labute approximate surface area is 78.1 Å². The monoisotopic (exact) mass is 180 g/mol. The van der Waals surface area contributed by atoms with Crippen LogP contribution in [0.4, 0.5) is 0 Å². The highest BCUT2D eigenvalue weighted by Gasteiger charge is 2.27. The Kier molecular flexibility index (Phi) is 1.87. The van der Waals surface area contributed by atoms with Gasteiger partial charge in [-0.15, -0.1) is 10.2 Å². The van der Waals surface area contributed by atoms with E-state index in [1.54, 1.807) is 0 Å². The molecule has 1 aromatic rings. The predicted octanol–water partition coefficient (Wildman–Crippen LogP) is 0.893. The van der Waals surface area contributed by atoms with E-state index in [0.717, 1.165) is 12.2 Å². The Morgan fingerprint density at radius 3 is 2.85 bits per heavy atom. The molecule has 4 heteroatoms. The molecule has 1 aliphatic carbocycles. The molecule has 1 aliphatic rings. The molecule has 0 aliphatic heterocycles. The summed E-state index contributed by atoms with van der Waals surface area (Å²) in [6.07, 6.45) is 5.13. The van der Waals surface area contributed by atoms with Crippen LogP contribution in [0, 0.1) is 0 Å². The van der Waals surface area contributed by atoms with Gasteiger partial charge < -0.3 is 10.3 Å². The maximum absolute atomic E-state index is 5.94. The first-order chi connectivity index (χ1) is 6.06. The molecular weight excluding hydrogens is 164 g/mol. The van der Waals surface area contributed by atoms with Gasteiger partial charge in [-0.25, -0.2) is 0 Å². The van der Waals surface area contributed by atoms with Crippen LogP contribution in [-0.2, 0) is 6.42 Å². The van der Waals surface area contributed by atoms with E-state index >= 15 is 0 Å². The minimum atomic E-state index is -0.195. The molecule has 0 saturated heterocycles. The van der Waals surface area contributed by atoms with Crippen LogP contribution in [0.5, 0.6) is 0 Å². The van der Waals surface area contributed by atoms with E-state index in [0.29, 0.717) is 6.04 Å². The highest BCUT2D eigenvalue weighted by Crippen LogP contribution is 2.35. The van der Waals surface area contributed by atoms with E-state index in [4.69, 9.17) is 5.73 Å². The predicted molar refractivity (Wildman–Crippen MR) is 50.3 cm³/mol. The molecule has 0 spiro atoms. The first-order valence-electron chi connectivity index (χ1n) is 4.73. The standard InChI is InChI=1S/C9H16N4/c1-9(2,10)5-8-12-11-6-13(8)7-3-4-7/h6-7H,3-5,10H2,1-2H3. The van der Waals surface area contributed by atoms with Gasteiger partial charge in [-0.05, 0) is 26.7 Å². The molecule has 1 heterocycles. The average Bonchev–Trinajstić information content (AvgIpc) is 2.72. The number of nitrogens with two attached hydrogens (primary N) is 1. The van der Waals surface area contributed by atoms with Gasteiger partial charge in [0, 0.05) is 18.0 Å². The molecule has 1 saturated carbocycles. The summed E-state index contributed by atoms with van der Waals surface area (Å²) in [5.41, 5.74) is 5.74. The Bertz CT molecular complexity index is 293. The Hall–Kier alpha value is -0.900. The van der Waals surface area contributed by atoms with Crippen molar-refractivity contribution in [2.45, 2.75) is 44.7 Å². The molecule has 2 rings (SSSR count). The molecule has 0 unspecified atom stereocenters. The van der Waals surface area contributed by atoms with Gasteiger partial charge >= 0.3 is 0 Å². The number of nitrogens with zero attached hydrogens (tertiary/aromatic N) is 3. The van der Waals surface area contributed by atoms with Crippen molar-refractivity contribution in [3.63, 3.8) is 0 Å². The Morgan fingerprint density at radius 2 is 2.31 bits per heavy atom. The lowest BCUT2D eigenvalue weighted by Gasteiger charge is -2.17. The molecule has 1 fully saturated rings. The Morgan fingerprint density at radius 1 is 1.62 bits per heavy atom. The van der Waals surface area contributed by atoms with Gasteiger partial charge in [-0.2, -0.15) is 0 Å². The van der Waals surface area contributed by atoms with Gasteiger partial charge in [-0.1, -0.05) is 0 Å². The minimum Gasteiger partial charge on any atom is -0.325 e. The van der Waals surface area contributed by atoms with Gasteiger partial charge in [0.25, 0.3) is 0 Å². The van der Waals surface area contributed by atoms with E-state index in [9.17, 15) is 0 Å². The maximum Gasteiger partial charge on any atom is 0.134 e. The summed E-state index contributed by atoms with van der Waals surface area (Å²) in [4.78, 5) is 0. The number of aromatic nitrogens is 3. The maximum atomic E-state index is 5.94. The third-order valence-corrected chi connectivity index (χ3v) is 2.20. The molecule has 0 radical (unpaired) electrons. The second-order valence-electron chi connectivity index (χ2n) is 4.55. The van der Waals surface area contributed by atoms with Gasteiger partial charge in [0.1, 0.15) is 12.2 Å². The van der Waals surface area contributed by atoms with Crippen molar-refractivity contribution < 1.29 is 0 Å². The van der Waals surface area contributed by atoms with Crippen molar-refractivity contribution in [3.8, 4) is 0 Å². The molecule has 0 amide bonds. The topological polar surface area (TPSA) is 56.7 Å². The smallest absolute Gasteiger partial charge is 0.134 e. The van der Waals surface area contributed by atoms with Crippen LogP contribution in [0.15, 0.2) is 6.33 Å². The van der Waals surface area contributed by atoms with Crippen LogP contribution < -0.4 is 5.73 Å². The zero-order valence-corrected chi connectivity index (χ0v) is 8.20. The van der Waals surface area contributed by atoms with Crippen molar-refractivity contribution in [2.24, 2.45) is 5.73 Å². The summed E-state index contributed by atoms with van der Waals surface area (Å²) in [6, 6.07) is 0.646. The van der Waals surface area contributed by atoms with Gasteiger partial charge in [0.15, 0.2) is 0 Å². The van der Waals surface area contributed by atoms with Crippen LogP contribution in [0.1, 0.15) is 38.6 Å². The molecule has 2 N–H and O–H groups in total. The molecule has 72 valence electrons. The average molecular weight is 180 g/mol. The summed E-state index contributed by atoms with van der Waals surface area (Å²) in [6.45, 7) is 4.03. The van der Waals surface area contributed by atoms with Crippen LogP contribution in [0.2, 0.25) is 0 Å². The minimum absolute atomic E-state index is 0.195. The number of rotatable bonds is 3. The SMILES string of the molecule is CC(C)(N)Cc1nncn1C1CC1. The van der Waals surface area contributed by atoms with Crippen molar-refractivity contribution in [1.29, 1.82) is 0 Å². The molecule has 0 aromatic carbocycles. The van der Waals surface area contributed by atoms with Gasteiger partial charge in [0.2, 0.25) is 0 Å². The number of hydrogen-bond acceptors (Lipinski definition) is 3. The summed E-state index contributed by atoms with van der Waals surface area (Å²) < 4.78 is 2.16. The van der Waals surface area contributed by atoms with E-state index in [1.807, 2.05) is 20.2 Å². The first kappa shape index (κ1) is 8.69. The van der Waals surface area contributed by atoms with E-state index in [-0.39, 0.29) is 5.54 Å². The highest BCUT2D eigenvalue weighted by atomic mass is 15.3. The Balaban J connectivity index is 2.15. The van der Waals surface area contributed by atoms with E-state index in [2.05, 4.69) is 14.8 Å². The summed E-state index contributed by atoms with van der Waals surface area (Å²) in [5.74, 6) is 1.02. The van der Waals surface area contributed by atoms with Crippen LogP contribution in [-0.4, -0.2) is 20.3 Å². The largest absolute Gasteiger partial charge is 0.325 e. The molecule has 13 heavy (non-hydrogen) atoms. The van der Waals surface area contributed by atoms with Crippen molar-refractivity contribution >= 4 is 0 Å². The summed E-state index contributed by atoms with van der Waals surface area (Å²) >= 11 is 0. The highest BCUT2D eigenvalue weighted by molar-refractivity contribution is 4.99. The fraction of sp³-hybridized carbons (Fsp3) is 0.778. The van der Waals surface area contributed by atoms with Gasteiger partial charge in [-0.3, -0.25) is 0 Å². The van der Waals surface area contributed by atoms with Crippen molar-refractivity contribution in [3.05, 3.63) is 12.2 Å². The zero-order valence-electron chi connectivity index (χ0n) is 8.20. The quantitative estimate of drug-likeness (QED) is 0.751. The summed E-state index contributed by atoms with van der Waals surface area (Å²) in [5, 5.41) is 8.02. The lowest BCUT2D eigenvalue weighted by atomic mass is 10.0. The lowest BCUT2D eigenvalue weighted by Crippen LogP contribution is -2.35. The first-order valence-corrected chi connectivity index (χ1v) is 4.73. The fourth-order valence-electron chi connectivity index (χ4n) is 1.46. The normalized spacial score (nSPS) is 17.8. The molecule has 4 nitrogen and oxygen atoms in total.